The Morgan fingerprint density at radius 1 is 0.624 bits per heavy atom. The van der Waals surface area contributed by atoms with Gasteiger partial charge in [0.15, 0.2) is 0 Å². The van der Waals surface area contributed by atoms with Crippen LogP contribution in [0.25, 0.3) is 0 Å². The molecule has 2 aliphatic carbocycles. The SMILES string of the molecule is CC[C@H](C)[C@@H]1NC(=O)[C@H](C)N(C)C(=O)C[C@@H](C)NC(=O)[C@H](C2CCCC2)N(C)C(=O)C2(CCCC2)NC(=O)C2CCCN2C(=O)[C@H](CCc2ccc(C(F)(F)F)c(Cl)c2)NC(=O)CN(C)C(=O)[C@H](Cc2ccc(C(F)(F)F)cc2)N(C)C(=O)CN(C)C(=O)CN(C)C1=O. The molecule has 2 heterocycles. The lowest BCUT2D eigenvalue weighted by atomic mass is 9.90. The van der Waals surface area contributed by atoms with Crippen molar-refractivity contribution in [3.05, 3.63) is 69.7 Å². The molecule has 2 saturated carbocycles. The highest BCUT2D eigenvalue weighted by Gasteiger charge is 2.50. The standard InChI is InChI=1S/C64H88ClF6N11O11/c1-11-37(2)53-60(92)78(7)35-51(85)76(5)36-52(86)80(9)48(33-41-20-24-43(25-21-41)63(66,67)68)59(91)77(6)34-49(83)73-46(27-23-40-22-26-44(45(65)32-40)64(69,70)71)58(90)82-30-16-19-47(82)56(88)75-62(28-14-15-29-62)61(93)81(10)54(42-17-12-13-18-42)57(89)72-38(3)31-50(84)79(8)39(4)55(87)74-53/h20-22,24-26,32,37-39,42,46-48,53-54H,11-19,23,27-31,33-36H2,1-10H3,(H,72,89)(H,73,83)(H,74,87)(H,75,88)/t37-,38+,39-,46-,47?,48-,53-,54-/m0/s1. The lowest BCUT2D eigenvalue weighted by Gasteiger charge is -2.40. The van der Waals surface area contributed by atoms with E-state index in [0.717, 1.165) is 74.9 Å². The first-order valence-corrected chi connectivity index (χ1v) is 31.9. The van der Waals surface area contributed by atoms with Gasteiger partial charge in [0.1, 0.15) is 41.8 Å². The van der Waals surface area contributed by atoms with E-state index in [4.69, 9.17) is 11.6 Å². The van der Waals surface area contributed by atoms with Crippen molar-refractivity contribution in [2.45, 2.75) is 184 Å². The smallest absolute Gasteiger partial charge is 0.351 e. The molecule has 2 saturated heterocycles. The molecule has 0 aromatic heterocycles. The number of nitrogens with zero attached hydrogens (tertiary/aromatic N) is 7. The summed E-state index contributed by atoms with van der Waals surface area (Å²) in [6.45, 7) is 4.40. The minimum atomic E-state index is -4.79. The molecule has 2 aliphatic heterocycles. The summed E-state index contributed by atoms with van der Waals surface area (Å²) in [5.74, 6) is -8.85. The molecular formula is C64H88ClF6N11O11. The maximum atomic E-state index is 15.1. The number of rotatable bonds is 8. The fourth-order valence-electron chi connectivity index (χ4n) is 12.7. The lowest BCUT2D eigenvalue weighted by Crippen LogP contribution is -2.64. The van der Waals surface area contributed by atoms with E-state index in [2.05, 4.69) is 21.3 Å². The number of fused-ring (bicyclic) bond motifs is 1. The molecule has 8 atom stereocenters. The molecule has 514 valence electrons. The minimum absolute atomic E-state index is 0.0124. The number of hydrogen-bond acceptors (Lipinski definition) is 11. The van der Waals surface area contributed by atoms with E-state index in [-0.39, 0.29) is 68.5 Å². The average molecular weight is 1340 g/mol. The predicted molar refractivity (Wildman–Crippen MR) is 330 cm³/mol. The molecular weight excluding hydrogens is 1250 g/mol. The van der Waals surface area contributed by atoms with Gasteiger partial charge >= 0.3 is 12.4 Å². The molecule has 4 aliphatic rings. The van der Waals surface area contributed by atoms with Crippen molar-refractivity contribution in [1.29, 1.82) is 0 Å². The summed E-state index contributed by atoms with van der Waals surface area (Å²) in [5, 5.41) is 10.6. The molecule has 0 radical (unpaired) electrons. The summed E-state index contributed by atoms with van der Waals surface area (Å²) in [5.41, 5.74) is -3.27. The van der Waals surface area contributed by atoms with Crippen LogP contribution in [0, 0.1) is 11.8 Å². The molecule has 4 N–H and O–H groups in total. The topological polar surface area (TPSA) is 259 Å². The van der Waals surface area contributed by atoms with E-state index in [0.29, 0.717) is 32.1 Å². The van der Waals surface area contributed by atoms with Gasteiger partial charge in [-0.3, -0.25) is 52.7 Å². The number of amides is 11. The number of alkyl halides is 6. The molecule has 4 fully saturated rings. The van der Waals surface area contributed by atoms with Crippen molar-refractivity contribution in [2.24, 2.45) is 11.8 Å². The van der Waals surface area contributed by atoms with Crippen LogP contribution in [-0.4, -0.2) is 216 Å². The van der Waals surface area contributed by atoms with Crippen LogP contribution in [0.5, 0.6) is 0 Å². The summed E-state index contributed by atoms with van der Waals surface area (Å²) in [6, 6.07) is -1.76. The molecule has 1 unspecified atom stereocenters. The van der Waals surface area contributed by atoms with E-state index in [1.165, 1.54) is 63.9 Å². The van der Waals surface area contributed by atoms with E-state index in [9.17, 15) is 69.5 Å². The number of benzene rings is 2. The van der Waals surface area contributed by atoms with Crippen molar-refractivity contribution < 1.29 is 79.1 Å². The van der Waals surface area contributed by atoms with Gasteiger partial charge in [0, 0.05) is 67.7 Å². The van der Waals surface area contributed by atoms with E-state index < -0.39 is 173 Å². The summed E-state index contributed by atoms with van der Waals surface area (Å²) >= 11 is 6.08. The van der Waals surface area contributed by atoms with E-state index in [1.807, 2.05) is 0 Å². The second-order valence-corrected chi connectivity index (χ2v) is 26.0. The van der Waals surface area contributed by atoms with Crippen LogP contribution in [0.15, 0.2) is 42.5 Å². The number of carbonyl (C=O) groups is 11. The second-order valence-electron chi connectivity index (χ2n) is 25.6. The number of likely N-dealkylation sites (N-methyl/N-ethyl adjacent to an activating group) is 6. The molecule has 93 heavy (non-hydrogen) atoms. The molecule has 22 nitrogen and oxygen atoms in total. The number of aryl methyl sites for hydroxylation is 1. The fraction of sp³-hybridized carbons (Fsp3) is 0.641. The summed E-state index contributed by atoms with van der Waals surface area (Å²) < 4.78 is 82.4. The first-order valence-electron chi connectivity index (χ1n) is 31.6. The highest BCUT2D eigenvalue weighted by molar-refractivity contribution is 6.31. The molecule has 0 bridgehead atoms. The van der Waals surface area contributed by atoms with Gasteiger partial charge in [0.25, 0.3) is 0 Å². The van der Waals surface area contributed by atoms with Gasteiger partial charge in [0.05, 0.1) is 35.8 Å². The fourth-order valence-corrected chi connectivity index (χ4v) is 13.0. The van der Waals surface area contributed by atoms with Crippen LogP contribution in [-0.2, 0) is 77.9 Å². The van der Waals surface area contributed by atoms with Crippen LogP contribution in [0.2, 0.25) is 5.02 Å². The summed E-state index contributed by atoms with van der Waals surface area (Å²) in [4.78, 5) is 166. The minimum Gasteiger partial charge on any atom is -0.351 e. The van der Waals surface area contributed by atoms with Crippen LogP contribution in [0.4, 0.5) is 26.3 Å². The highest BCUT2D eigenvalue weighted by Crippen LogP contribution is 2.38. The average Bonchev–Trinajstić information content (AvgIpc) is 1.68. The Kier molecular flexibility index (Phi) is 25.3. The molecule has 11 amide bonds. The quantitative estimate of drug-likeness (QED) is 0.257. The summed E-state index contributed by atoms with van der Waals surface area (Å²) in [6.07, 6.45) is -5.73. The van der Waals surface area contributed by atoms with Gasteiger partial charge in [-0.1, -0.05) is 75.8 Å². The van der Waals surface area contributed by atoms with Crippen molar-refractivity contribution in [1.82, 2.24) is 55.6 Å². The van der Waals surface area contributed by atoms with Gasteiger partial charge in [-0.15, -0.1) is 0 Å². The Morgan fingerprint density at radius 2 is 1.23 bits per heavy atom. The molecule has 29 heteroatoms. The van der Waals surface area contributed by atoms with E-state index in [1.54, 1.807) is 20.8 Å². The Labute approximate surface area is 543 Å². The first kappa shape index (κ1) is 74.5. The normalized spacial score (nSPS) is 25.8. The van der Waals surface area contributed by atoms with Crippen LogP contribution < -0.4 is 21.3 Å². The lowest BCUT2D eigenvalue weighted by molar-refractivity contribution is -0.149. The maximum Gasteiger partial charge on any atom is 0.417 e. The zero-order valence-corrected chi connectivity index (χ0v) is 55.2. The molecule has 2 aromatic carbocycles. The van der Waals surface area contributed by atoms with Crippen molar-refractivity contribution in [2.75, 3.05) is 68.5 Å². The van der Waals surface area contributed by atoms with Crippen molar-refractivity contribution in [3.63, 3.8) is 0 Å². The van der Waals surface area contributed by atoms with Crippen LogP contribution >= 0.6 is 11.6 Å². The van der Waals surface area contributed by atoms with E-state index >= 15 is 9.59 Å². The largest absolute Gasteiger partial charge is 0.417 e. The Hall–Kier alpha value is -7.52. The number of hydrogen-bond donors (Lipinski definition) is 4. The van der Waals surface area contributed by atoms with Gasteiger partial charge in [-0.05, 0) is 112 Å². The Bertz CT molecular complexity index is 3090. The highest BCUT2D eigenvalue weighted by atomic mass is 35.5. The Morgan fingerprint density at radius 3 is 1.82 bits per heavy atom. The summed E-state index contributed by atoms with van der Waals surface area (Å²) in [7, 11) is 7.84. The maximum absolute atomic E-state index is 15.1. The monoisotopic (exact) mass is 1340 g/mol. The van der Waals surface area contributed by atoms with Crippen LogP contribution in [0.3, 0.4) is 0 Å². The third kappa shape index (κ3) is 18.7. The van der Waals surface area contributed by atoms with Crippen molar-refractivity contribution in [3.8, 4) is 0 Å². The van der Waals surface area contributed by atoms with Gasteiger partial charge in [-0.2, -0.15) is 26.3 Å². The van der Waals surface area contributed by atoms with Gasteiger partial charge in [-0.25, -0.2) is 0 Å². The molecule has 1 spiro atoms. The third-order valence-corrected chi connectivity index (χ3v) is 19.1. The zero-order chi connectivity index (χ0) is 69.2. The van der Waals surface area contributed by atoms with Gasteiger partial charge in [0.2, 0.25) is 65.0 Å². The number of nitrogens with one attached hydrogen (secondary N) is 4. The number of halogens is 7. The molecule has 6 rings (SSSR count). The number of carbonyl (C=O) groups excluding carboxylic acids is 11. The predicted octanol–water partition coefficient (Wildman–Crippen LogP) is 4.96. The van der Waals surface area contributed by atoms with Crippen LogP contribution in [0.1, 0.15) is 133 Å². The third-order valence-electron chi connectivity index (χ3n) is 18.8. The Balaban J connectivity index is 1.37. The zero-order valence-electron chi connectivity index (χ0n) is 54.4. The first-order chi connectivity index (χ1) is 43.5. The van der Waals surface area contributed by atoms with Crippen molar-refractivity contribution >= 4 is 76.6 Å². The molecule has 2 aromatic rings. The van der Waals surface area contributed by atoms with Gasteiger partial charge < -0.3 is 55.6 Å². The second kappa shape index (κ2) is 31.6.